The van der Waals surface area contributed by atoms with Gasteiger partial charge in [-0.2, -0.15) is 8.78 Å². The molecule has 1 amide bonds. The van der Waals surface area contributed by atoms with E-state index in [1.165, 1.54) is 12.1 Å². The van der Waals surface area contributed by atoms with Crippen LogP contribution in [0.15, 0.2) is 24.3 Å². The minimum atomic E-state index is -2.86. The van der Waals surface area contributed by atoms with E-state index in [-0.39, 0.29) is 11.8 Å². The van der Waals surface area contributed by atoms with E-state index in [9.17, 15) is 13.6 Å². The van der Waals surface area contributed by atoms with Gasteiger partial charge in [-0.15, -0.1) is 0 Å². The van der Waals surface area contributed by atoms with Crippen LogP contribution in [0.4, 0.5) is 13.6 Å². The Morgan fingerprint density at radius 1 is 1.29 bits per heavy atom. The maximum atomic E-state index is 12.1. The van der Waals surface area contributed by atoms with Crippen molar-refractivity contribution in [3.63, 3.8) is 0 Å². The van der Waals surface area contributed by atoms with Crippen LogP contribution < -0.4 is 10.1 Å². The topological polar surface area (TPSA) is 47.6 Å². The van der Waals surface area contributed by atoms with Crippen molar-refractivity contribution in [2.75, 3.05) is 0 Å². The molecular formula is C15H20F2NO3. The Labute approximate surface area is 123 Å². The summed E-state index contributed by atoms with van der Waals surface area (Å²) in [6.07, 6.45) is -0.155. The lowest BCUT2D eigenvalue weighted by Crippen LogP contribution is -2.34. The summed E-state index contributed by atoms with van der Waals surface area (Å²) in [4.78, 5) is 11.7. The van der Waals surface area contributed by atoms with Crippen LogP contribution in [0.1, 0.15) is 38.8 Å². The molecule has 1 atom stereocenters. The van der Waals surface area contributed by atoms with Gasteiger partial charge in [-0.1, -0.05) is 19.1 Å². The second-order valence-electron chi connectivity index (χ2n) is 5.44. The van der Waals surface area contributed by atoms with Gasteiger partial charge in [0.1, 0.15) is 11.4 Å². The molecule has 0 aliphatic carbocycles. The number of alkyl carbamates (subject to hydrolysis) is 1. The zero-order chi connectivity index (χ0) is 16.0. The van der Waals surface area contributed by atoms with Crippen LogP contribution in [0.25, 0.3) is 0 Å². The van der Waals surface area contributed by atoms with Gasteiger partial charge >= 0.3 is 12.7 Å². The number of nitrogens with one attached hydrogen (secondary N) is 1. The molecule has 0 aromatic heterocycles. The summed E-state index contributed by atoms with van der Waals surface area (Å²) < 4.78 is 33.6. The highest BCUT2D eigenvalue weighted by Gasteiger charge is 2.19. The van der Waals surface area contributed by atoms with Gasteiger partial charge in [0.15, 0.2) is 0 Å². The zero-order valence-electron chi connectivity index (χ0n) is 12.4. The summed E-state index contributed by atoms with van der Waals surface area (Å²) in [6.45, 7) is 6.20. The largest absolute Gasteiger partial charge is 0.444 e. The van der Waals surface area contributed by atoms with Gasteiger partial charge in [0.05, 0.1) is 6.04 Å². The summed E-state index contributed by atoms with van der Waals surface area (Å²) in [5.74, 6) is 0.0637. The lowest BCUT2D eigenvalue weighted by Gasteiger charge is -2.23. The molecule has 0 bridgehead atoms. The van der Waals surface area contributed by atoms with Gasteiger partial charge in [-0.25, -0.2) is 4.79 Å². The molecule has 0 saturated carbocycles. The van der Waals surface area contributed by atoms with Gasteiger partial charge < -0.3 is 14.8 Å². The smallest absolute Gasteiger partial charge is 0.408 e. The van der Waals surface area contributed by atoms with Crippen molar-refractivity contribution in [2.24, 2.45) is 0 Å². The fourth-order valence-corrected chi connectivity index (χ4v) is 1.65. The third-order valence-corrected chi connectivity index (χ3v) is 2.49. The third kappa shape index (κ3) is 6.42. The van der Waals surface area contributed by atoms with Crippen molar-refractivity contribution < 1.29 is 23.0 Å². The zero-order valence-corrected chi connectivity index (χ0v) is 12.4. The molecule has 21 heavy (non-hydrogen) atoms. The van der Waals surface area contributed by atoms with Gasteiger partial charge in [0, 0.05) is 0 Å². The van der Waals surface area contributed by atoms with Crippen LogP contribution in [0.3, 0.4) is 0 Å². The molecule has 1 N–H and O–H groups in total. The molecule has 0 aliphatic rings. The molecule has 0 spiro atoms. The number of rotatable bonds is 5. The number of amides is 1. The van der Waals surface area contributed by atoms with Gasteiger partial charge in [0.2, 0.25) is 0 Å². The Morgan fingerprint density at radius 2 is 1.86 bits per heavy atom. The highest BCUT2D eigenvalue weighted by atomic mass is 19.3. The molecule has 4 nitrogen and oxygen atoms in total. The summed E-state index contributed by atoms with van der Waals surface area (Å²) in [7, 11) is 0. The fraction of sp³-hybridized carbons (Fsp3) is 0.467. The normalized spacial score (nSPS) is 12.9. The number of alkyl halides is 2. The maximum absolute atomic E-state index is 12.1. The number of benzene rings is 1. The second-order valence-corrected chi connectivity index (χ2v) is 5.44. The molecule has 1 radical (unpaired) electrons. The van der Waals surface area contributed by atoms with Crippen LogP contribution in [-0.2, 0) is 4.74 Å². The molecule has 117 valence electrons. The Bertz CT molecular complexity index is 455. The lowest BCUT2D eigenvalue weighted by atomic mass is 10.0. The van der Waals surface area contributed by atoms with E-state index in [4.69, 9.17) is 4.74 Å². The molecule has 0 fully saturated rings. The van der Waals surface area contributed by atoms with E-state index in [2.05, 4.69) is 17.0 Å². The van der Waals surface area contributed by atoms with Crippen molar-refractivity contribution in [1.29, 1.82) is 0 Å². The van der Waals surface area contributed by atoms with Crippen molar-refractivity contribution in [1.82, 2.24) is 5.32 Å². The summed E-state index contributed by atoms with van der Waals surface area (Å²) in [5, 5.41) is 2.69. The summed E-state index contributed by atoms with van der Waals surface area (Å²) >= 11 is 0. The predicted molar refractivity (Wildman–Crippen MR) is 75.2 cm³/mol. The SMILES string of the molecule is [CH2]C[C@@H](NC(=O)OC(C)(C)C)c1ccc(OC(F)F)cc1. The maximum Gasteiger partial charge on any atom is 0.408 e. The number of ether oxygens (including phenoxy) is 2. The summed E-state index contributed by atoms with van der Waals surface area (Å²) in [5.41, 5.74) is 0.141. The summed E-state index contributed by atoms with van der Waals surface area (Å²) in [6, 6.07) is 5.68. The van der Waals surface area contributed by atoms with E-state index in [0.29, 0.717) is 6.42 Å². The van der Waals surface area contributed by atoms with Gasteiger partial charge in [0.25, 0.3) is 0 Å². The average Bonchev–Trinajstić information content (AvgIpc) is 2.34. The molecule has 0 heterocycles. The Morgan fingerprint density at radius 3 is 2.29 bits per heavy atom. The van der Waals surface area contributed by atoms with Gasteiger partial charge in [-0.05, 0) is 44.9 Å². The third-order valence-electron chi connectivity index (χ3n) is 2.49. The first kappa shape index (κ1) is 17.2. The molecular weight excluding hydrogens is 280 g/mol. The van der Waals surface area contributed by atoms with E-state index in [1.807, 2.05) is 0 Å². The van der Waals surface area contributed by atoms with Crippen LogP contribution >= 0.6 is 0 Å². The molecule has 0 saturated heterocycles. The van der Waals surface area contributed by atoms with Crippen LogP contribution in [0.2, 0.25) is 0 Å². The molecule has 0 unspecified atom stereocenters. The number of hydrogen-bond acceptors (Lipinski definition) is 3. The minimum absolute atomic E-state index is 0.0637. The molecule has 6 heteroatoms. The number of carbonyl (C=O) groups excluding carboxylic acids is 1. The van der Waals surface area contributed by atoms with Crippen molar-refractivity contribution in [3.8, 4) is 5.75 Å². The van der Waals surface area contributed by atoms with E-state index in [0.717, 1.165) is 5.56 Å². The molecule has 1 rings (SSSR count). The monoisotopic (exact) mass is 300 g/mol. The second kappa shape index (κ2) is 7.24. The minimum Gasteiger partial charge on any atom is -0.444 e. The first-order valence-electron chi connectivity index (χ1n) is 6.55. The van der Waals surface area contributed by atoms with E-state index < -0.39 is 18.3 Å². The van der Waals surface area contributed by atoms with Gasteiger partial charge in [-0.3, -0.25) is 0 Å². The van der Waals surface area contributed by atoms with Crippen molar-refractivity contribution in [2.45, 2.75) is 45.4 Å². The number of hydrogen-bond donors (Lipinski definition) is 1. The molecule has 1 aromatic rings. The first-order chi connectivity index (χ1) is 9.71. The number of halogens is 2. The fourth-order valence-electron chi connectivity index (χ4n) is 1.65. The predicted octanol–water partition coefficient (Wildman–Crippen LogP) is 4.08. The van der Waals surface area contributed by atoms with Crippen molar-refractivity contribution >= 4 is 6.09 Å². The Hall–Kier alpha value is -1.85. The van der Waals surface area contributed by atoms with E-state index in [1.54, 1.807) is 32.9 Å². The molecule has 0 aliphatic heterocycles. The quantitative estimate of drug-likeness (QED) is 0.891. The highest BCUT2D eigenvalue weighted by Crippen LogP contribution is 2.21. The van der Waals surface area contributed by atoms with Crippen LogP contribution in [-0.4, -0.2) is 18.3 Å². The lowest BCUT2D eigenvalue weighted by molar-refractivity contribution is -0.0498. The van der Waals surface area contributed by atoms with Crippen LogP contribution in [0.5, 0.6) is 5.75 Å². The highest BCUT2D eigenvalue weighted by molar-refractivity contribution is 5.68. The average molecular weight is 300 g/mol. The van der Waals surface area contributed by atoms with E-state index >= 15 is 0 Å². The standard InChI is InChI=1S/C15H20F2NO3/c1-5-12(18-14(19)21-15(2,3)4)10-6-8-11(9-7-10)20-13(16)17/h6-9,12-13H,1,5H2,2-4H3,(H,18,19)/t12-/m1/s1. The van der Waals surface area contributed by atoms with Crippen molar-refractivity contribution in [3.05, 3.63) is 36.8 Å². The number of carbonyl (C=O) groups is 1. The Balaban J connectivity index is 2.69. The Kier molecular flexibility index (Phi) is 5.93. The van der Waals surface area contributed by atoms with Crippen LogP contribution in [0, 0.1) is 6.92 Å². The first-order valence-corrected chi connectivity index (χ1v) is 6.55. The molecule has 1 aromatic carbocycles.